The van der Waals surface area contributed by atoms with E-state index in [9.17, 15) is 4.79 Å². The van der Waals surface area contributed by atoms with E-state index in [1.807, 2.05) is 6.92 Å². The third kappa shape index (κ3) is 10.4. The van der Waals surface area contributed by atoms with Gasteiger partial charge in [0, 0.05) is 40.2 Å². The summed E-state index contributed by atoms with van der Waals surface area (Å²) in [5, 5.41) is 0. The molecule has 0 saturated carbocycles. The molecular weight excluding hydrogens is 328 g/mol. The van der Waals surface area contributed by atoms with Crippen molar-refractivity contribution in [2.45, 2.75) is 77.5 Å². The first kappa shape index (κ1) is 23.5. The van der Waals surface area contributed by atoms with Crippen LogP contribution in [0.4, 0.5) is 0 Å². The van der Waals surface area contributed by atoms with Crippen molar-refractivity contribution in [3.05, 3.63) is 0 Å². The van der Waals surface area contributed by atoms with Crippen LogP contribution in [0.1, 0.15) is 65.2 Å². The minimum atomic E-state index is -2.39. The predicted octanol–water partition coefficient (Wildman–Crippen LogP) is 3.91. The van der Waals surface area contributed by atoms with Gasteiger partial charge in [0.2, 0.25) is 6.29 Å². The molecule has 0 radical (unpaired) electrons. The molecule has 0 spiro atoms. The van der Waals surface area contributed by atoms with Crippen LogP contribution >= 0.6 is 0 Å². The van der Waals surface area contributed by atoms with Crippen molar-refractivity contribution in [1.82, 2.24) is 0 Å². The molecule has 0 rings (SSSR count). The van der Waals surface area contributed by atoms with Gasteiger partial charge in [-0.1, -0.05) is 39.5 Å². The van der Waals surface area contributed by atoms with Crippen molar-refractivity contribution >= 4 is 14.8 Å². The Balaban J connectivity index is 3.58. The molecule has 0 aromatic heterocycles. The van der Waals surface area contributed by atoms with Crippen LogP contribution in [0.15, 0.2) is 0 Å². The van der Waals surface area contributed by atoms with Crippen molar-refractivity contribution < 1.29 is 27.5 Å². The van der Waals surface area contributed by atoms with Crippen LogP contribution in [0, 0.1) is 0 Å². The Morgan fingerprint density at radius 1 is 0.875 bits per heavy atom. The monoisotopic (exact) mass is 364 g/mol. The van der Waals surface area contributed by atoms with Crippen LogP contribution in [-0.4, -0.2) is 49.0 Å². The molecule has 24 heavy (non-hydrogen) atoms. The summed E-state index contributed by atoms with van der Waals surface area (Å²) >= 11 is 0. The molecule has 6 nitrogen and oxygen atoms in total. The number of ether oxygens (including phenoxy) is 2. The average molecular weight is 365 g/mol. The molecule has 7 heteroatoms. The standard InChI is InChI=1S/C17H36O6Si/c1-6-16(18)23-17(7-2)22-14-12-10-8-9-11-13-15-24(19-3,20-4)21-5/h17H,6-15H2,1-5H3. The van der Waals surface area contributed by atoms with Gasteiger partial charge in [-0.05, 0) is 12.8 Å². The number of carbonyl (C=O) groups excluding carboxylic acids is 1. The van der Waals surface area contributed by atoms with Crippen LogP contribution in [0.3, 0.4) is 0 Å². The number of hydrogen-bond donors (Lipinski definition) is 0. The van der Waals surface area contributed by atoms with Crippen molar-refractivity contribution in [2.24, 2.45) is 0 Å². The van der Waals surface area contributed by atoms with Crippen LogP contribution < -0.4 is 0 Å². The van der Waals surface area contributed by atoms with Gasteiger partial charge in [-0.3, -0.25) is 4.79 Å². The highest BCUT2D eigenvalue weighted by atomic mass is 28.4. The molecule has 0 fully saturated rings. The van der Waals surface area contributed by atoms with Gasteiger partial charge >= 0.3 is 14.8 Å². The lowest BCUT2D eigenvalue weighted by Gasteiger charge is -2.24. The van der Waals surface area contributed by atoms with Crippen molar-refractivity contribution in [1.29, 1.82) is 0 Å². The predicted molar refractivity (Wildman–Crippen MR) is 95.7 cm³/mol. The highest BCUT2D eigenvalue weighted by Crippen LogP contribution is 2.18. The number of carbonyl (C=O) groups is 1. The SMILES string of the molecule is CCC(=O)OC(CC)OCCCCCCCC[Si](OC)(OC)OC. The number of unbranched alkanes of at least 4 members (excludes halogenated alkanes) is 5. The van der Waals surface area contributed by atoms with Crippen LogP contribution in [-0.2, 0) is 27.5 Å². The summed E-state index contributed by atoms with van der Waals surface area (Å²) in [5.74, 6) is -0.204. The van der Waals surface area contributed by atoms with Gasteiger partial charge < -0.3 is 22.8 Å². The summed E-state index contributed by atoms with van der Waals surface area (Å²) in [4.78, 5) is 11.2. The third-order valence-corrected chi connectivity index (χ3v) is 6.83. The molecule has 0 aliphatic rings. The lowest BCUT2D eigenvalue weighted by Crippen LogP contribution is -2.42. The van der Waals surface area contributed by atoms with E-state index in [1.54, 1.807) is 28.3 Å². The molecule has 0 N–H and O–H groups in total. The van der Waals surface area contributed by atoms with Crippen LogP contribution in [0.5, 0.6) is 0 Å². The maximum absolute atomic E-state index is 11.2. The lowest BCUT2D eigenvalue weighted by atomic mass is 10.1. The van der Waals surface area contributed by atoms with Crippen molar-refractivity contribution in [3.63, 3.8) is 0 Å². The van der Waals surface area contributed by atoms with E-state index in [1.165, 1.54) is 12.8 Å². The molecule has 0 aromatic carbocycles. The quantitative estimate of drug-likeness (QED) is 0.179. The first-order valence-corrected chi connectivity index (χ1v) is 11.0. The van der Waals surface area contributed by atoms with Gasteiger partial charge in [-0.25, -0.2) is 0 Å². The second-order valence-corrected chi connectivity index (χ2v) is 8.81. The maximum Gasteiger partial charge on any atom is 0.500 e. The Labute approximate surface area is 148 Å². The first-order chi connectivity index (χ1) is 11.6. The van der Waals surface area contributed by atoms with E-state index in [-0.39, 0.29) is 5.97 Å². The van der Waals surface area contributed by atoms with E-state index < -0.39 is 15.1 Å². The van der Waals surface area contributed by atoms with E-state index in [4.69, 9.17) is 22.8 Å². The van der Waals surface area contributed by atoms with E-state index in [2.05, 4.69) is 0 Å². The van der Waals surface area contributed by atoms with Crippen molar-refractivity contribution in [2.75, 3.05) is 27.9 Å². The Hall–Kier alpha value is -0.473. The van der Waals surface area contributed by atoms with Crippen molar-refractivity contribution in [3.8, 4) is 0 Å². The van der Waals surface area contributed by atoms with E-state index in [0.717, 1.165) is 31.7 Å². The molecule has 0 aromatic rings. The van der Waals surface area contributed by atoms with Crippen LogP contribution in [0.25, 0.3) is 0 Å². The van der Waals surface area contributed by atoms with E-state index in [0.29, 0.717) is 19.4 Å². The first-order valence-electron chi connectivity index (χ1n) is 9.04. The topological polar surface area (TPSA) is 63.2 Å². The molecule has 144 valence electrons. The second kappa shape index (κ2) is 14.8. The Kier molecular flexibility index (Phi) is 14.5. The van der Waals surface area contributed by atoms with Gasteiger partial charge in [0.25, 0.3) is 0 Å². The average Bonchev–Trinajstić information content (AvgIpc) is 2.62. The molecule has 0 aliphatic carbocycles. The number of hydrogen-bond acceptors (Lipinski definition) is 6. The molecule has 0 saturated heterocycles. The molecule has 1 atom stereocenters. The molecule has 0 bridgehead atoms. The zero-order valence-electron chi connectivity index (χ0n) is 16.1. The van der Waals surface area contributed by atoms with Gasteiger partial charge in [-0.15, -0.1) is 0 Å². The smallest absolute Gasteiger partial charge is 0.436 e. The van der Waals surface area contributed by atoms with Gasteiger partial charge in [0.1, 0.15) is 0 Å². The zero-order chi connectivity index (χ0) is 18.3. The Morgan fingerprint density at radius 3 is 1.92 bits per heavy atom. The summed E-state index contributed by atoms with van der Waals surface area (Å²) in [6.07, 6.45) is 7.37. The summed E-state index contributed by atoms with van der Waals surface area (Å²) in [6.45, 7) is 4.38. The van der Waals surface area contributed by atoms with Gasteiger partial charge in [0.15, 0.2) is 0 Å². The fraction of sp³-hybridized carbons (Fsp3) is 0.941. The lowest BCUT2D eigenvalue weighted by molar-refractivity contribution is -0.179. The molecular formula is C17H36O6Si. The summed E-state index contributed by atoms with van der Waals surface area (Å²) in [7, 11) is 2.57. The van der Waals surface area contributed by atoms with E-state index >= 15 is 0 Å². The number of esters is 1. The molecule has 0 heterocycles. The minimum Gasteiger partial charge on any atom is -0.436 e. The minimum absolute atomic E-state index is 0.204. The maximum atomic E-state index is 11.2. The fourth-order valence-electron chi connectivity index (χ4n) is 2.39. The van der Waals surface area contributed by atoms with Crippen LogP contribution in [0.2, 0.25) is 6.04 Å². The van der Waals surface area contributed by atoms with Gasteiger partial charge in [-0.2, -0.15) is 0 Å². The zero-order valence-corrected chi connectivity index (χ0v) is 17.1. The second-order valence-electron chi connectivity index (χ2n) is 5.72. The Morgan fingerprint density at radius 2 is 1.42 bits per heavy atom. The van der Waals surface area contributed by atoms with Gasteiger partial charge in [0.05, 0.1) is 6.61 Å². The number of rotatable bonds is 16. The summed E-state index contributed by atoms with van der Waals surface area (Å²) < 4.78 is 27.0. The highest BCUT2D eigenvalue weighted by Gasteiger charge is 2.36. The molecule has 1 unspecified atom stereocenters. The largest absolute Gasteiger partial charge is 0.500 e. The fourth-order valence-corrected chi connectivity index (χ4v) is 4.18. The Bertz CT molecular complexity index is 301. The molecule has 0 amide bonds. The molecule has 0 aliphatic heterocycles. The normalized spacial score (nSPS) is 13.0. The highest BCUT2D eigenvalue weighted by molar-refractivity contribution is 6.60. The summed E-state index contributed by atoms with van der Waals surface area (Å²) in [6, 6.07) is 0.862. The third-order valence-electron chi connectivity index (χ3n) is 4.00. The summed E-state index contributed by atoms with van der Waals surface area (Å²) in [5.41, 5.74) is 0.